The number of piperidine rings is 1. The lowest BCUT2D eigenvalue weighted by molar-refractivity contribution is -0.128. The van der Waals surface area contributed by atoms with Gasteiger partial charge in [0.25, 0.3) is 5.91 Å². The standard InChI is InChI=1S/C26H33N3O6/c1-17(30)27-21(14-18-8-6-5-7-9-18)25(31)28-20-10-12-29(13-11-20)26(32)19-15-22(33-2)24(35-4)23(16-19)34-3/h5-9,15-16,20-21H,10-14H2,1-4H3,(H,27,30)(H,28,31)/t21-/m1/s1. The summed E-state index contributed by atoms with van der Waals surface area (Å²) in [4.78, 5) is 39.5. The van der Waals surface area contributed by atoms with Crippen molar-refractivity contribution in [1.29, 1.82) is 0 Å². The zero-order chi connectivity index (χ0) is 25.4. The number of nitrogens with one attached hydrogen (secondary N) is 2. The molecule has 0 unspecified atom stereocenters. The average molecular weight is 484 g/mol. The number of carbonyl (C=O) groups excluding carboxylic acids is 3. The molecule has 0 radical (unpaired) electrons. The Morgan fingerprint density at radius 1 is 0.971 bits per heavy atom. The van der Waals surface area contributed by atoms with Crippen LogP contribution < -0.4 is 24.8 Å². The van der Waals surface area contributed by atoms with E-state index in [2.05, 4.69) is 10.6 Å². The molecule has 188 valence electrons. The molecule has 0 bridgehead atoms. The van der Waals surface area contributed by atoms with Crippen LogP contribution in [-0.2, 0) is 16.0 Å². The first kappa shape index (κ1) is 25.9. The van der Waals surface area contributed by atoms with Crippen molar-refractivity contribution in [2.24, 2.45) is 0 Å². The van der Waals surface area contributed by atoms with Gasteiger partial charge >= 0.3 is 0 Å². The molecule has 1 fully saturated rings. The highest BCUT2D eigenvalue weighted by atomic mass is 16.5. The topological polar surface area (TPSA) is 106 Å². The number of amides is 3. The molecule has 9 nitrogen and oxygen atoms in total. The first-order chi connectivity index (χ1) is 16.9. The second kappa shape index (κ2) is 12.1. The van der Waals surface area contributed by atoms with Crippen LogP contribution in [0.3, 0.4) is 0 Å². The smallest absolute Gasteiger partial charge is 0.254 e. The van der Waals surface area contributed by atoms with Gasteiger partial charge in [0.2, 0.25) is 17.6 Å². The predicted molar refractivity (Wildman–Crippen MR) is 131 cm³/mol. The second-order valence-corrected chi connectivity index (χ2v) is 8.43. The van der Waals surface area contributed by atoms with E-state index in [-0.39, 0.29) is 23.8 Å². The van der Waals surface area contributed by atoms with Gasteiger partial charge in [0.15, 0.2) is 11.5 Å². The Hall–Kier alpha value is -3.75. The Bertz CT molecular complexity index is 1010. The number of nitrogens with zero attached hydrogens (tertiary/aromatic N) is 1. The van der Waals surface area contributed by atoms with E-state index in [4.69, 9.17) is 14.2 Å². The Balaban J connectivity index is 1.61. The summed E-state index contributed by atoms with van der Waals surface area (Å²) in [5.74, 6) is 0.635. The van der Waals surface area contributed by atoms with E-state index >= 15 is 0 Å². The van der Waals surface area contributed by atoms with Gasteiger partial charge in [-0.3, -0.25) is 14.4 Å². The van der Waals surface area contributed by atoms with Gasteiger partial charge in [-0.2, -0.15) is 0 Å². The molecule has 0 saturated carbocycles. The molecule has 2 aromatic carbocycles. The lowest BCUT2D eigenvalue weighted by Gasteiger charge is -2.33. The van der Waals surface area contributed by atoms with Gasteiger partial charge in [0, 0.05) is 38.0 Å². The van der Waals surface area contributed by atoms with Crippen molar-refractivity contribution in [2.45, 2.75) is 38.3 Å². The minimum atomic E-state index is -0.659. The SMILES string of the molecule is COc1cc(C(=O)N2CCC(NC(=O)[C@@H](Cc3ccccc3)NC(C)=O)CC2)cc(OC)c1OC. The number of likely N-dealkylation sites (tertiary alicyclic amines) is 1. The molecule has 1 heterocycles. The Labute approximate surface area is 205 Å². The highest BCUT2D eigenvalue weighted by Crippen LogP contribution is 2.38. The minimum Gasteiger partial charge on any atom is -0.493 e. The maximum Gasteiger partial charge on any atom is 0.254 e. The van der Waals surface area contributed by atoms with Crippen molar-refractivity contribution in [2.75, 3.05) is 34.4 Å². The van der Waals surface area contributed by atoms with Crippen LogP contribution in [0, 0.1) is 0 Å². The lowest BCUT2D eigenvalue weighted by Crippen LogP contribution is -2.53. The average Bonchev–Trinajstić information content (AvgIpc) is 2.87. The number of ether oxygens (including phenoxy) is 3. The summed E-state index contributed by atoms with van der Waals surface area (Å²) in [5.41, 5.74) is 1.41. The van der Waals surface area contributed by atoms with Gasteiger partial charge in [-0.1, -0.05) is 30.3 Å². The summed E-state index contributed by atoms with van der Waals surface area (Å²) in [6.45, 7) is 2.38. The number of carbonyl (C=O) groups is 3. The highest BCUT2D eigenvalue weighted by molar-refractivity contribution is 5.95. The number of methoxy groups -OCH3 is 3. The van der Waals surface area contributed by atoms with Crippen LogP contribution in [0.15, 0.2) is 42.5 Å². The van der Waals surface area contributed by atoms with Crippen molar-refractivity contribution >= 4 is 17.7 Å². The number of hydrogen-bond acceptors (Lipinski definition) is 6. The van der Waals surface area contributed by atoms with E-state index in [0.717, 1.165) is 5.56 Å². The predicted octanol–water partition coefficient (Wildman–Crippen LogP) is 2.18. The summed E-state index contributed by atoms with van der Waals surface area (Å²) >= 11 is 0. The molecule has 2 aromatic rings. The van der Waals surface area contributed by atoms with Crippen LogP contribution in [-0.4, -0.2) is 69.1 Å². The molecule has 3 rings (SSSR count). The van der Waals surface area contributed by atoms with Crippen molar-refractivity contribution < 1.29 is 28.6 Å². The third-order valence-corrected chi connectivity index (χ3v) is 6.02. The van der Waals surface area contributed by atoms with Crippen molar-refractivity contribution in [3.63, 3.8) is 0 Å². The molecule has 0 spiro atoms. The van der Waals surface area contributed by atoms with Crippen molar-refractivity contribution in [3.05, 3.63) is 53.6 Å². The van der Waals surface area contributed by atoms with E-state index in [1.807, 2.05) is 30.3 Å². The molecular weight excluding hydrogens is 450 g/mol. The fourth-order valence-electron chi connectivity index (χ4n) is 4.22. The maximum absolute atomic E-state index is 13.1. The zero-order valence-electron chi connectivity index (χ0n) is 20.6. The van der Waals surface area contributed by atoms with Crippen LogP contribution in [0.5, 0.6) is 17.2 Å². The van der Waals surface area contributed by atoms with Crippen LogP contribution >= 0.6 is 0 Å². The monoisotopic (exact) mass is 483 g/mol. The fraction of sp³-hybridized carbons (Fsp3) is 0.423. The first-order valence-corrected chi connectivity index (χ1v) is 11.6. The third kappa shape index (κ3) is 6.65. The number of rotatable bonds is 9. The summed E-state index contributed by atoms with van der Waals surface area (Å²) < 4.78 is 16.0. The normalized spacial score (nSPS) is 14.6. The quantitative estimate of drug-likeness (QED) is 0.566. The molecule has 1 atom stereocenters. The molecule has 1 saturated heterocycles. The van der Waals surface area contributed by atoms with E-state index in [1.54, 1.807) is 17.0 Å². The van der Waals surface area contributed by atoms with Gasteiger partial charge < -0.3 is 29.7 Å². The Morgan fingerprint density at radius 3 is 2.09 bits per heavy atom. The molecule has 35 heavy (non-hydrogen) atoms. The van der Waals surface area contributed by atoms with E-state index in [1.165, 1.54) is 28.3 Å². The lowest BCUT2D eigenvalue weighted by atomic mass is 10.0. The number of hydrogen-bond donors (Lipinski definition) is 2. The summed E-state index contributed by atoms with van der Waals surface area (Å²) in [6.07, 6.45) is 1.63. The van der Waals surface area contributed by atoms with Crippen LogP contribution in [0.4, 0.5) is 0 Å². The van der Waals surface area contributed by atoms with Gasteiger partial charge in [-0.15, -0.1) is 0 Å². The molecule has 0 aromatic heterocycles. The molecule has 1 aliphatic heterocycles. The van der Waals surface area contributed by atoms with Gasteiger partial charge in [0.1, 0.15) is 6.04 Å². The first-order valence-electron chi connectivity index (χ1n) is 11.6. The molecule has 9 heteroatoms. The number of benzene rings is 2. The summed E-state index contributed by atoms with van der Waals surface area (Å²) in [7, 11) is 4.52. The van der Waals surface area contributed by atoms with Gasteiger partial charge in [-0.05, 0) is 30.5 Å². The van der Waals surface area contributed by atoms with Crippen molar-refractivity contribution in [3.8, 4) is 17.2 Å². The van der Waals surface area contributed by atoms with Crippen LogP contribution in [0.2, 0.25) is 0 Å². The van der Waals surface area contributed by atoms with Crippen LogP contribution in [0.25, 0.3) is 0 Å². The van der Waals surface area contributed by atoms with E-state index in [9.17, 15) is 14.4 Å². The molecule has 3 amide bonds. The maximum atomic E-state index is 13.1. The molecule has 0 aliphatic carbocycles. The third-order valence-electron chi connectivity index (χ3n) is 6.02. The second-order valence-electron chi connectivity index (χ2n) is 8.43. The largest absolute Gasteiger partial charge is 0.493 e. The minimum absolute atomic E-state index is 0.0847. The summed E-state index contributed by atoms with van der Waals surface area (Å²) in [5, 5.41) is 5.79. The Kier molecular flexibility index (Phi) is 8.94. The molecule has 1 aliphatic rings. The molecular formula is C26H33N3O6. The Morgan fingerprint density at radius 2 is 1.57 bits per heavy atom. The van der Waals surface area contributed by atoms with Gasteiger partial charge in [0.05, 0.1) is 21.3 Å². The van der Waals surface area contributed by atoms with E-state index < -0.39 is 6.04 Å². The fourth-order valence-corrected chi connectivity index (χ4v) is 4.22. The van der Waals surface area contributed by atoms with Crippen molar-refractivity contribution in [1.82, 2.24) is 15.5 Å². The van der Waals surface area contributed by atoms with E-state index in [0.29, 0.717) is 55.2 Å². The van der Waals surface area contributed by atoms with Crippen LogP contribution in [0.1, 0.15) is 35.7 Å². The summed E-state index contributed by atoms with van der Waals surface area (Å²) in [6, 6.07) is 12.1. The highest BCUT2D eigenvalue weighted by Gasteiger charge is 2.28. The zero-order valence-corrected chi connectivity index (χ0v) is 20.6. The van der Waals surface area contributed by atoms with Gasteiger partial charge in [-0.25, -0.2) is 0 Å². The molecule has 2 N–H and O–H groups in total.